The van der Waals surface area contributed by atoms with Gasteiger partial charge in [-0.15, -0.1) is 0 Å². The fraction of sp³-hybridized carbons (Fsp3) is 0.778. The van der Waals surface area contributed by atoms with Gasteiger partial charge in [-0.05, 0) is 6.42 Å². The first kappa shape index (κ1) is 16.6. The van der Waals surface area contributed by atoms with Gasteiger partial charge < -0.3 is 20.8 Å². The molecule has 0 saturated carbocycles. The lowest BCUT2D eigenvalue weighted by Gasteiger charge is -2.23. The van der Waals surface area contributed by atoms with Gasteiger partial charge in [0.15, 0.2) is 0 Å². The van der Waals surface area contributed by atoms with E-state index < -0.39 is 18.1 Å². The van der Waals surface area contributed by atoms with Gasteiger partial charge in [0.1, 0.15) is 0 Å². The molecule has 1 saturated heterocycles. The van der Waals surface area contributed by atoms with Crippen LogP contribution in [-0.2, 0) is 9.59 Å². The third kappa shape index (κ3) is 8.76. The molecule has 6 nitrogen and oxygen atoms in total. The van der Waals surface area contributed by atoms with E-state index in [1.54, 1.807) is 0 Å². The summed E-state index contributed by atoms with van der Waals surface area (Å²) in [5.41, 5.74) is 0. The summed E-state index contributed by atoms with van der Waals surface area (Å²) in [7, 11) is 0. The van der Waals surface area contributed by atoms with Crippen molar-refractivity contribution >= 4 is 11.9 Å². The molecule has 1 heterocycles. The van der Waals surface area contributed by atoms with Crippen LogP contribution in [0.3, 0.4) is 0 Å². The summed E-state index contributed by atoms with van der Waals surface area (Å²) >= 11 is 0. The van der Waals surface area contributed by atoms with Crippen LogP contribution in [0.15, 0.2) is 0 Å². The van der Waals surface area contributed by atoms with Gasteiger partial charge in [-0.25, -0.2) is 4.79 Å². The minimum absolute atomic E-state index is 0.263. The topological polar surface area (TPSA) is 98.7 Å². The van der Waals surface area contributed by atoms with E-state index in [0.717, 1.165) is 26.1 Å². The molecule has 1 fully saturated rings. The Balaban J connectivity index is 0.000000360. The summed E-state index contributed by atoms with van der Waals surface area (Å²) in [5, 5.41) is 22.0. The number of nitrogens with one attached hydrogen (secondary N) is 2. The smallest absolute Gasteiger partial charge is 0.481 e. The lowest BCUT2D eigenvalue weighted by atomic mass is 10.1. The second-order valence-corrected chi connectivity index (χ2v) is 3.59. The highest BCUT2D eigenvalue weighted by atomic mass is 19.4. The van der Waals surface area contributed by atoms with Crippen molar-refractivity contribution in [3.8, 4) is 0 Å². The number of piperazine rings is 1. The lowest BCUT2D eigenvalue weighted by molar-refractivity contribution is -0.192. The minimum atomic E-state index is -5.08. The molecule has 1 aliphatic rings. The average Bonchev–Trinajstić information content (AvgIpc) is 2.27. The van der Waals surface area contributed by atoms with Crippen molar-refractivity contribution in [1.82, 2.24) is 10.6 Å². The molecule has 1 unspecified atom stereocenters. The fourth-order valence-electron chi connectivity index (χ4n) is 1.21. The highest BCUT2D eigenvalue weighted by Gasteiger charge is 2.38. The number of aliphatic carboxylic acids is 2. The molecule has 9 heteroatoms. The Morgan fingerprint density at radius 2 is 1.78 bits per heavy atom. The first-order valence-electron chi connectivity index (χ1n) is 5.19. The molecular formula is C9H15F3N2O4. The zero-order valence-corrected chi connectivity index (χ0v) is 9.46. The summed E-state index contributed by atoms with van der Waals surface area (Å²) in [6.07, 6.45) is -4.10. The standard InChI is InChI=1S/C7H14N2O2.C2HF3O2/c10-7(11)2-1-6-5-8-3-4-9-6;3-2(4,5)1(6)7/h6,8-9H,1-5H2,(H,10,11);(H,6,7). The van der Waals surface area contributed by atoms with Crippen molar-refractivity contribution in [1.29, 1.82) is 0 Å². The Labute approximate surface area is 101 Å². The molecule has 0 aromatic heterocycles. The van der Waals surface area contributed by atoms with Crippen LogP contribution in [0.2, 0.25) is 0 Å². The first-order valence-corrected chi connectivity index (χ1v) is 5.19. The number of carboxylic acids is 2. The van der Waals surface area contributed by atoms with E-state index in [1.165, 1.54) is 0 Å². The molecule has 1 rings (SSSR count). The second-order valence-electron chi connectivity index (χ2n) is 3.59. The van der Waals surface area contributed by atoms with E-state index >= 15 is 0 Å². The van der Waals surface area contributed by atoms with Gasteiger partial charge in [-0.1, -0.05) is 0 Å². The van der Waals surface area contributed by atoms with Crippen molar-refractivity contribution in [2.24, 2.45) is 0 Å². The summed E-state index contributed by atoms with van der Waals surface area (Å²) in [5.74, 6) is -3.47. The van der Waals surface area contributed by atoms with E-state index in [9.17, 15) is 18.0 Å². The normalized spacial score (nSPS) is 19.6. The highest BCUT2D eigenvalue weighted by Crippen LogP contribution is 2.13. The molecule has 18 heavy (non-hydrogen) atoms. The maximum atomic E-state index is 10.6. The van der Waals surface area contributed by atoms with Gasteiger partial charge in [0.25, 0.3) is 0 Å². The molecule has 4 N–H and O–H groups in total. The number of carbonyl (C=O) groups is 2. The molecule has 0 aromatic carbocycles. The van der Waals surface area contributed by atoms with Crippen molar-refractivity contribution in [2.45, 2.75) is 25.1 Å². The Kier molecular flexibility index (Phi) is 7.29. The van der Waals surface area contributed by atoms with Crippen molar-refractivity contribution in [2.75, 3.05) is 19.6 Å². The Morgan fingerprint density at radius 1 is 1.22 bits per heavy atom. The summed E-state index contributed by atoms with van der Waals surface area (Å²) in [6.45, 7) is 2.83. The van der Waals surface area contributed by atoms with E-state index in [-0.39, 0.29) is 6.42 Å². The van der Waals surface area contributed by atoms with Crippen LogP contribution in [0.4, 0.5) is 13.2 Å². The van der Waals surface area contributed by atoms with E-state index in [1.807, 2.05) is 0 Å². The number of halogens is 3. The van der Waals surface area contributed by atoms with E-state index in [2.05, 4.69) is 10.6 Å². The van der Waals surface area contributed by atoms with Gasteiger partial charge in [-0.3, -0.25) is 4.79 Å². The van der Waals surface area contributed by atoms with E-state index in [4.69, 9.17) is 15.0 Å². The molecular weight excluding hydrogens is 257 g/mol. The van der Waals surface area contributed by atoms with Crippen LogP contribution < -0.4 is 10.6 Å². The highest BCUT2D eigenvalue weighted by molar-refractivity contribution is 5.73. The molecule has 0 spiro atoms. The second kappa shape index (κ2) is 7.88. The Bertz CT molecular complexity index is 277. The molecule has 1 aliphatic heterocycles. The Morgan fingerprint density at radius 3 is 2.11 bits per heavy atom. The summed E-state index contributed by atoms with van der Waals surface area (Å²) in [4.78, 5) is 19.1. The maximum absolute atomic E-state index is 10.6. The third-order valence-corrected chi connectivity index (χ3v) is 2.07. The van der Waals surface area contributed by atoms with Gasteiger partial charge in [0, 0.05) is 32.1 Å². The minimum Gasteiger partial charge on any atom is -0.481 e. The fourth-order valence-corrected chi connectivity index (χ4v) is 1.21. The van der Waals surface area contributed by atoms with Gasteiger partial charge in [0.2, 0.25) is 0 Å². The number of carboxylic acid groups (broad SMARTS) is 2. The SMILES string of the molecule is O=C(O)C(F)(F)F.O=C(O)CCC1CNCCN1. The van der Waals surface area contributed by atoms with Gasteiger partial charge in [0.05, 0.1) is 0 Å². The van der Waals surface area contributed by atoms with Crippen LogP contribution in [0.1, 0.15) is 12.8 Å². The number of hydrogen-bond donors (Lipinski definition) is 4. The largest absolute Gasteiger partial charge is 0.490 e. The molecule has 0 amide bonds. The number of rotatable bonds is 3. The maximum Gasteiger partial charge on any atom is 0.490 e. The van der Waals surface area contributed by atoms with Crippen molar-refractivity contribution in [3.63, 3.8) is 0 Å². The molecule has 0 bridgehead atoms. The van der Waals surface area contributed by atoms with Gasteiger partial charge >= 0.3 is 18.1 Å². The molecule has 0 radical (unpaired) electrons. The monoisotopic (exact) mass is 272 g/mol. The Hall–Kier alpha value is -1.35. The van der Waals surface area contributed by atoms with Crippen LogP contribution in [0.5, 0.6) is 0 Å². The predicted molar refractivity (Wildman–Crippen MR) is 55.2 cm³/mol. The van der Waals surface area contributed by atoms with Crippen molar-refractivity contribution in [3.05, 3.63) is 0 Å². The third-order valence-electron chi connectivity index (χ3n) is 2.07. The molecule has 0 aromatic rings. The van der Waals surface area contributed by atoms with E-state index in [0.29, 0.717) is 6.04 Å². The lowest BCUT2D eigenvalue weighted by Crippen LogP contribution is -2.48. The zero-order valence-electron chi connectivity index (χ0n) is 9.46. The molecule has 106 valence electrons. The number of alkyl halides is 3. The molecule has 1 atom stereocenters. The van der Waals surface area contributed by atoms with Gasteiger partial charge in [-0.2, -0.15) is 13.2 Å². The summed E-state index contributed by atoms with van der Waals surface area (Å²) in [6, 6.07) is 0.347. The van der Waals surface area contributed by atoms with Crippen LogP contribution >= 0.6 is 0 Å². The van der Waals surface area contributed by atoms with Crippen LogP contribution in [0.25, 0.3) is 0 Å². The zero-order chi connectivity index (χ0) is 14.2. The van der Waals surface area contributed by atoms with Crippen molar-refractivity contribution < 1.29 is 33.0 Å². The first-order chi connectivity index (χ1) is 8.23. The number of hydrogen-bond acceptors (Lipinski definition) is 4. The summed E-state index contributed by atoms with van der Waals surface area (Å²) < 4.78 is 31.7. The van der Waals surface area contributed by atoms with Crippen LogP contribution in [0, 0.1) is 0 Å². The molecule has 0 aliphatic carbocycles. The average molecular weight is 272 g/mol. The predicted octanol–water partition coefficient (Wildman–Crippen LogP) is 0.0459. The quantitative estimate of drug-likeness (QED) is 0.579. The van der Waals surface area contributed by atoms with Crippen LogP contribution in [-0.4, -0.2) is 54.0 Å².